The molecule has 148 valence electrons. The molecule has 1 saturated carbocycles. The van der Waals surface area contributed by atoms with E-state index in [1.807, 2.05) is 12.1 Å². The van der Waals surface area contributed by atoms with Crippen LogP contribution in [0.3, 0.4) is 0 Å². The van der Waals surface area contributed by atoms with Crippen LogP contribution < -0.4 is 4.74 Å². The molecule has 7 heteroatoms. The Morgan fingerprint density at radius 2 is 2.26 bits per heavy atom. The number of morpholine rings is 1. The number of pyridine rings is 1. The summed E-state index contributed by atoms with van der Waals surface area (Å²) in [5.41, 5.74) is 0. The van der Waals surface area contributed by atoms with Crippen molar-refractivity contribution < 1.29 is 19.4 Å². The summed E-state index contributed by atoms with van der Waals surface area (Å²) in [6.45, 7) is 4.01. The van der Waals surface area contributed by atoms with Crippen LogP contribution in [-0.4, -0.2) is 83.9 Å². The zero-order valence-corrected chi connectivity index (χ0v) is 15.9. The van der Waals surface area contributed by atoms with E-state index in [0.717, 1.165) is 52.1 Å². The maximum Gasteiger partial charge on any atom is 0.246 e. The molecule has 3 rings (SSSR count). The van der Waals surface area contributed by atoms with Crippen molar-refractivity contribution in [2.45, 2.75) is 37.5 Å². The number of nitrogens with zero attached hydrogens (tertiary/aromatic N) is 3. The van der Waals surface area contributed by atoms with Crippen LogP contribution in [0.15, 0.2) is 36.7 Å². The molecule has 1 aliphatic heterocycles. The van der Waals surface area contributed by atoms with Gasteiger partial charge in [-0.15, -0.1) is 0 Å². The standard InChI is InChI=1S/C20H29N3O4/c1-22(19(24)8-4-10-23-11-13-26-14-12-23)17-6-2-7-18(20(17)25)27-16-5-3-9-21-15-16/h3-5,8-9,15,17-18,20,25H,2,6-7,10-14H2,1H3/b8-4+/t17-,18-,20-/m1/s1. The second-order valence-corrected chi connectivity index (χ2v) is 7.10. The van der Waals surface area contributed by atoms with Crippen LogP contribution in [0.25, 0.3) is 0 Å². The molecule has 2 heterocycles. The van der Waals surface area contributed by atoms with Crippen molar-refractivity contribution in [1.29, 1.82) is 0 Å². The van der Waals surface area contributed by atoms with E-state index in [9.17, 15) is 9.90 Å². The summed E-state index contributed by atoms with van der Waals surface area (Å²) < 4.78 is 11.2. The average molecular weight is 375 g/mol. The molecule has 1 aliphatic carbocycles. The molecule has 7 nitrogen and oxygen atoms in total. The molecule has 1 aromatic rings. The van der Waals surface area contributed by atoms with Crippen LogP contribution in [0.4, 0.5) is 0 Å². The molecule has 2 fully saturated rings. The number of carbonyl (C=O) groups excluding carboxylic acids is 1. The number of hydrogen-bond donors (Lipinski definition) is 1. The molecule has 27 heavy (non-hydrogen) atoms. The van der Waals surface area contributed by atoms with Crippen molar-refractivity contribution in [3.05, 3.63) is 36.7 Å². The number of aliphatic hydroxyl groups is 1. The van der Waals surface area contributed by atoms with Crippen molar-refractivity contribution in [3.8, 4) is 5.75 Å². The van der Waals surface area contributed by atoms with E-state index in [2.05, 4.69) is 9.88 Å². The highest BCUT2D eigenvalue weighted by atomic mass is 16.5. The summed E-state index contributed by atoms with van der Waals surface area (Å²) >= 11 is 0. The first-order valence-corrected chi connectivity index (χ1v) is 9.63. The molecule has 0 bridgehead atoms. The predicted molar refractivity (Wildman–Crippen MR) is 101 cm³/mol. The lowest BCUT2D eigenvalue weighted by Gasteiger charge is -2.39. The van der Waals surface area contributed by atoms with Crippen LogP contribution in [-0.2, 0) is 9.53 Å². The minimum absolute atomic E-state index is 0.0886. The van der Waals surface area contributed by atoms with Crippen molar-refractivity contribution in [2.75, 3.05) is 39.9 Å². The highest BCUT2D eigenvalue weighted by molar-refractivity contribution is 5.87. The second kappa shape index (κ2) is 9.82. The fourth-order valence-electron chi connectivity index (χ4n) is 3.63. The molecule has 0 radical (unpaired) electrons. The summed E-state index contributed by atoms with van der Waals surface area (Å²) in [5.74, 6) is 0.552. The number of aromatic nitrogens is 1. The van der Waals surface area contributed by atoms with Gasteiger partial charge in [0.1, 0.15) is 18.0 Å². The van der Waals surface area contributed by atoms with Gasteiger partial charge in [0.05, 0.1) is 25.5 Å². The van der Waals surface area contributed by atoms with E-state index in [1.165, 1.54) is 0 Å². The molecule has 0 aromatic carbocycles. The summed E-state index contributed by atoms with van der Waals surface area (Å²) in [4.78, 5) is 20.5. The molecule has 1 N–H and O–H groups in total. The molecule has 2 aliphatic rings. The van der Waals surface area contributed by atoms with Gasteiger partial charge in [-0.2, -0.15) is 0 Å². The van der Waals surface area contributed by atoms with Crippen molar-refractivity contribution in [2.24, 2.45) is 0 Å². The SMILES string of the molecule is CN(C(=O)/C=C/CN1CCOCC1)[C@@H]1CCC[C@@H](Oc2cccnc2)[C@@H]1O. The predicted octanol–water partition coefficient (Wildman–Crippen LogP) is 1.09. The van der Waals surface area contributed by atoms with E-state index in [-0.39, 0.29) is 18.1 Å². The fraction of sp³-hybridized carbons (Fsp3) is 0.600. The van der Waals surface area contributed by atoms with Crippen molar-refractivity contribution in [1.82, 2.24) is 14.8 Å². The maximum atomic E-state index is 12.5. The van der Waals surface area contributed by atoms with Gasteiger partial charge >= 0.3 is 0 Å². The molecule has 3 atom stereocenters. The van der Waals surface area contributed by atoms with Gasteiger partial charge in [-0.3, -0.25) is 14.7 Å². The van der Waals surface area contributed by atoms with E-state index < -0.39 is 6.10 Å². The van der Waals surface area contributed by atoms with Crippen LogP contribution >= 0.6 is 0 Å². The number of amides is 1. The van der Waals surface area contributed by atoms with Crippen LogP contribution in [0, 0.1) is 0 Å². The summed E-state index contributed by atoms with van der Waals surface area (Å²) in [6, 6.07) is 3.38. The van der Waals surface area contributed by atoms with Gasteiger partial charge in [0, 0.05) is 39.0 Å². The number of aliphatic hydroxyl groups excluding tert-OH is 1. The molecule has 0 unspecified atom stereocenters. The highest BCUT2D eigenvalue weighted by Crippen LogP contribution is 2.26. The first-order chi connectivity index (χ1) is 13.1. The summed E-state index contributed by atoms with van der Waals surface area (Å²) in [5, 5.41) is 10.8. The minimum atomic E-state index is -0.722. The third kappa shape index (κ3) is 5.51. The average Bonchev–Trinajstić information content (AvgIpc) is 2.70. The Labute approximate surface area is 160 Å². The largest absolute Gasteiger partial charge is 0.486 e. The zero-order valence-electron chi connectivity index (χ0n) is 15.9. The first kappa shape index (κ1) is 19.8. The lowest BCUT2D eigenvalue weighted by molar-refractivity contribution is -0.132. The highest BCUT2D eigenvalue weighted by Gasteiger charge is 2.36. The lowest BCUT2D eigenvalue weighted by Crippen LogP contribution is -2.53. The second-order valence-electron chi connectivity index (χ2n) is 7.10. The van der Waals surface area contributed by atoms with E-state index in [1.54, 1.807) is 36.5 Å². The number of ether oxygens (including phenoxy) is 2. The molecule has 1 amide bonds. The van der Waals surface area contributed by atoms with E-state index in [4.69, 9.17) is 9.47 Å². The number of rotatable bonds is 6. The lowest BCUT2D eigenvalue weighted by atomic mass is 9.89. The fourth-order valence-corrected chi connectivity index (χ4v) is 3.63. The Morgan fingerprint density at radius 1 is 1.44 bits per heavy atom. The number of likely N-dealkylation sites (N-methyl/N-ethyl adjacent to an activating group) is 1. The Kier molecular flexibility index (Phi) is 7.20. The first-order valence-electron chi connectivity index (χ1n) is 9.63. The summed E-state index contributed by atoms with van der Waals surface area (Å²) in [6.07, 6.45) is 8.21. The van der Waals surface area contributed by atoms with E-state index in [0.29, 0.717) is 5.75 Å². The van der Waals surface area contributed by atoms with Crippen molar-refractivity contribution >= 4 is 5.91 Å². The topological polar surface area (TPSA) is 75.1 Å². The number of carbonyl (C=O) groups is 1. The zero-order chi connectivity index (χ0) is 19.1. The quantitative estimate of drug-likeness (QED) is 0.751. The van der Waals surface area contributed by atoms with Gasteiger partial charge in [-0.1, -0.05) is 6.08 Å². The van der Waals surface area contributed by atoms with Crippen molar-refractivity contribution in [3.63, 3.8) is 0 Å². The Morgan fingerprint density at radius 3 is 3.00 bits per heavy atom. The van der Waals surface area contributed by atoms with Crippen LogP contribution in [0.2, 0.25) is 0 Å². The van der Waals surface area contributed by atoms with Gasteiger partial charge in [0.25, 0.3) is 0 Å². The maximum absolute atomic E-state index is 12.5. The Bertz CT molecular complexity index is 619. The summed E-state index contributed by atoms with van der Waals surface area (Å²) in [7, 11) is 1.75. The molecule has 1 aromatic heterocycles. The molecular formula is C20H29N3O4. The third-order valence-electron chi connectivity index (χ3n) is 5.26. The Balaban J connectivity index is 1.52. The number of hydrogen-bond acceptors (Lipinski definition) is 6. The third-order valence-corrected chi connectivity index (χ3v) is 5.26. The Hall–Kier alpha value is -1.96. The monoisotopic (exact) mass is 375 g/mol. The molecular weight excluding hydrogens is 346 g/mol. The molecule has 1 saturated heterocycles. The van der Waals surface area contributed by atoms with Crippen LogP contribution in [0.1, 0.15) is 19.3 Å². The molecule has 0 spiro atoms. The van der Waals surface area contributed by atoms with Gasteiger partial charge in [0.15, 0.2) is 0 Å². The smallest absolute Gasteiger partial charge is 0.246 e. The minimum Gasteiger partial charge on any atom is -0.486 e. The van der Waals surface area contributed by atoms with Gasteiger partial charge in [-0.05, 0) is 31.4 Å². The van der Waals surface area contributed by atoms with E-state index >= 15 is 0 Å². The van der Waals surface area contributed by atoms with Crippen LogP contribution in [0.5, 0.6) is 5.75 Å². The normalized spacial score (nSPS) is 26.8. The van der Waals surface area contributed by atoms with Gasteiger partial charge < -0.3 is 19.5 Å². The van der Waals surface area contributed by atoms with Gasteiger partial charge in [0.2, 0.25) is 5.91 Å². The van der Waals surface area contributed by atoms with Gasteiger partial charge in [-0.25, -0.2) is 0 Å².